The number of nitrogen functional groups attached to an aromatic ring is 1. The molecular weight excluding hydrogens is 406 g/mol. The standard InChI is InChI=1S/C12H8BrCl2FN2O2S/c13-6-3-8(14)12(9(15)4-6)21(19,20)18-11-5-7(16)1-2-10(11)17/h1-5,18H,17H2. The van der Waals surface area contributed by atoms with Crippen molar-refractivity contribution in [2.24, 2.45) is 0 Å². The van der Waals surface area contributed by atoms with Crippen molar-refractivity contribution in [2.45, 2.75) is 4.90 Å². The van der Waals surface area contributed by atoms with Crippen molar-refractivity contribution in [1.82, 2.24) is 0 Å². The summed E-state index contributed by atoms with van der Waals surface area (Å²) in [5, 5.41) is -0.145. The van der Waals surface area contributed by atoms with Gasteiger partial charge in [0.25, 0.3) is 10.0 Å². The summed E-state index contributed by atoms with van der Waals surface area (Å²) in [6.45, 7) is 0. The summed E-state index contributed by atoms with van der Waals surface area (Å²) in [5.41, 5.74) is 5.59. The number of halogens is 4. The minimum atomic E-state index is -4.11. The Morgan fingerprint density at radius 1 is 1.14 bits per heavy atom. The van der Waals surface area contributed by atoms with Gasteiger partial charge in [0.1, 0.15) is 10.7 Å². The average Bonchev–Trinajstić information content (AvgIpc) is 2.31. The lowest BCUT2D eigenvalue weighted by atomic mass is 10.3. The topological polar surface area (TPSA) is 72.2 Å². The largest absolute Gasteiger partial charge is 0.397 e. The molecule has 0 radical (unpaired) electrons. The number of benzene rings is 2. The minimum absolute atomic E-state index is 0.0724. The van der Waals surface area contributed by atoms with Crippen LogP contribution in [0.5, 0.6) is 0 Å². The lowest BCUT2D eigenvalue weighted by Gasteiger charge is -2.13. The van der Waals surface area contributed by atoms with Crippen molar-refractivity contribution in [3.05, 3.63) is 50.7 Å². The van der Waals surface area contributed by atoms with Gasteiger partial charge in [-0.25, -0.2) is 12.8 Å². The summed E-state index contributed by atoms with van der Waals surface area (Å²) in [7, 11) is -4.11. The Morgan fingerprint density at radius 3 is 2.29 bits per heavy atom. The van der Waals surface area contributed by atoms with Crippen LogP contribution in [0.1, 0.15) is 0 Å². The molecule has 0 amide bonds. The van der Waals surface area contributed by atoms with Crippen molar-refractivity contribution in [1.29, 1.82) is 0 Å². The van der Waals surface area contributed by atoms with Crippen LogP contribution in [0, 0.1) is 5.82 Å². The van der Waals surface area contributed by atoms with Crippen LogP contribution in [0.2, 0.25) is 10.0 Å². The predicted molar refractivity (Wildman–Crippen MR) is 85.8 cm³/mol. The molecule has 0 unspecified atom stereocenters. The van der Waals surface area contributed by atoms with E-state index in [0.29, 0.717) is 4.47 Å². The Labute approximate surface area is 139 Å². The van der Waals surface area contributed by atoms with Crippen LogP contribution in [0.3, 0.4) is 0 Å². The fourth-order valence-electron chi connectivity index (χ4n) is 1.60. The zero-order chi connectivity index (χ0) is 15.8. The molecule has 2 aromatic rings. The van der Waals surface area contributed by atoms with E-state index in [2.05, 4.69) is 20.7 Å². The van der Waals surface area contributed by atoms with Gasteiger partial charge in [0.15, 0.2) is 0 Å². The molecule has 0 fully saturated rings. The summed E-state index contributed by atoms with van der Waals surface area (Å²) < 4.78 is 40.6. The molecule has 0 saturated carbocycles. The molecule has 0 heterocycles. The highest BCUT2D eigenvalue weighted by Gasteiger charge is 2.23. The SMILES string of the molecule is Nc1ccc(F)cc1NS(=O)(=O)c1c(Cl)cc(Br)cc1Cl. The zero-order valence-electron chi connectivity index (χ0n) is 10.2. The minimum Gasteiger partial charge on any atom is -0.397 e. The number of nitrogens with two attached hydrogens (primary N) is 1. The van der Waals surface area contributed by atoms with Crippen molar-refractivity contribution >= 4 is 60.5 Å². The molecule has 0 spiro atoms. The van der Waals surface area contributed by atoms with Gasteiger partial charge in [0.05, 0.1) is 21.4 Å². The van der Waals surface area contributed by atoms with Gasteiger partial charge < -0.3 is 5.73 Å². The molecule has 112 valence electrons. The number of rotatable bonds is 3. The second-order valence-electron chi connectivity index (χ2n) is 4.04. The second-order valence-corrected chi connectivity index (χ2v) is 7.38. The fraction of sp³-hybridized carbons (Fsp3) is 0. The van der Waals surface area contributed by atoms with E-state index in [1.807, 2.05) is 0 Å². The van der Waals surface area contributed by atoms with Crippen LogP contribution >= 0.6 is 39.1 Å². The Kier molecular flexibility index (Phi) is 4.67. The van der Waals surface area contributed by atoms with Crippen LogP contribution in [0.15, 0.2) is 39.7 Å². The molecule has 3 N–H and O–H groups in total. The number of hydrogen-bond acceptors (Lipinski definition) is 3. The first kappa shape index (κ1) is 16.4. The lowest BCUT2D eigenvalue weighted by Crippen LogP contribution is -2.15. The highest BCUT2D eigenvalue weighted by atomic mass is 79.9. The first-order chi connectivity index (χ1) is 9.70. The summed E-state index contributed by atoms with van der Waals surface area (Å²) >= 11 is 15.0. The van der Waals surface area contributed by atoms with Gasteiger partial charge in [0, 0.05) is 10.5 Å². The molecule has 21 heavy (non-hydrogen) atoms. The van der Waals surface area contributed by atoms with E-state index in [9.17, 15) is 12.8 Å². The molecule has 0 aliphatic heterocycles. The molecule has 0 aromatic heterocycles. The Morgan fingerprint density at radius 2 is 1.71 bits per heavy atom. The number of sulfonamides is 1. The summed E-state index contributed by atoms with van der Waals surface area (Å²) in [6.07, 6.45) is 0. The molecule has 2 rings (SSSR count). The highest BCUT2D eigenvalue weighted by Crippen LogP contribution is 2.34. The van der Waals surface area contributed by atoms with Gasteiger partial charge in [-0.3, -0.25) is 4.72 Å². The van der Waals surface area contributed by atoms with Gasteiger partial charge in [-0.1, -0.05) is 39.1 Å². The fourth-order valence-corrected chi connectivity index (χ4v) is 4.62. The van der Waals surface area contributed by atoms with Crippen molar-refractivity contribution in [3.8, 4) is 0 Å². The van der Waals surface area contributed by atoms with Crippen LogP contribution < -0.4 is 10.5 Å². The number of hydrogen-bond donors (Lipinski definition) is 2. The zero-order valence-corrected chi connectivity index (χ0v) is 14.1. The van der Waals surface area contributed by atoms with Crippen LogP contribution in [0.4, 0.5) is 15.8 Å². The van der Waals surface area contributed by atoms with E-state index in [4.69, 9.17) is 28.9 Å². The molecule has 0 aliphatic rings. The lowest BCUT2D eigenvalue weighted by molar-refractivity contribution is 0.601. The van der Waals surface area contributed by atoms with Gasteiger partial charge in [0.2, 0.25) is 0 Å². The highest BCUT2D eigenvalue weighted by molar-refractivity contribution is 9.10. The molecule has 9 heteroatoms. The molecule has 2 aromatic carbocycles. The second kappa shape index (κ2) is 6.00. The maximum Gasteiger partial charge on any atom is 0.264 e. The summed E-state index contributed by atoms with van der Waals surface area (Å²) in [6, 6.07) is 6.10. The third-order valence-electron chi connectivity index (χ3n) is 2.49. The molecular formula is C12H8BrCl2FN2O2S. The molecule has 0 atom stereocenters. The maximum absolute atomic E-state index is 13.2. The van der Waals surface area contributed by atoms with Crippen LogP contribution in [-0.4, -0.2) is 8.42 Å². The first-order valence-electron chi connectivity index (χ1n) is 5.43. The first-order valence-corrected chi connectivity index (χ1v) is 8.46. The van der Waals surface area contributed by atoms with Crippen molar-refractivity contribution in [2.75, 3.05) is 10.5 Å². The molecule has 0 bridgehead atoms. The molecule has 0 aliphatic carbocycles. The van der Waals surface area contributed by atoms with E-state index >= 15 is 0 Å². The third kappa shape index (κ3) is 3.60. The van der Waals surface area contributed by atoms with E-state index in [0.717, 1.165) is 12.1 Å². The maximum atomic E-state index is 13.2. The van der Waals surface area contributed by atoms with Gasteiger partial charge in [-0.05, 0) is 24.3 Å². The van der Waals surface area contributed by atoms with E-state index in [-0.39, 0.29) is 26.3 Å². The predicted octanol–water partition coefficient (Wildman–Crippen LogP) is 4.28. The Balaban J connectivity index is 2.51. The van der Waals surface area contributed by atoms with Gasteiger partial charge in [-0.2, -0.15) is 0 Å². The smallest absolute Gasteiger partial charge is 0.264 e. The normalized spacial score (nSPS) is 11.4. The quantitative estimate of drug-likeness (QED) is 0.737. The average molecular weight is 414 g/mol. The number of nitrogens with one attached hydrogen (secondary N) is 1. The summed E-state index contributed by atoms with van der Waals surface area (Å²) in [5.74, 6) is -0.630. The Bertz CT molecular complexity index is 792. The monoisotopic (exact) mass is 412 g/mol. The Hall–Kier alpha value is -1.02. The van der Waals surface area contributed by atoms with E-state index < -0.39 is 15.8 Å². The van der Waals surface area contributed by atoms with Gasteiger partial charge >= 0.3 is 0 Å². The number of anilines is 2. The van der Waals surface area contributed by atoms with Crippen LogP contribution in [0.25, 0.3) is 0 Å². The van der Waals surface area contributed by atoms with E-state index in [1.54, 1.807) is 0 Å². The van der Waals surface area contributed by atoms with Crippen molar-refractivity contribution < 1.29 is 12.8 Å². The summed E-state index contributed by atoms with van der Waals surface area (Å²) in [4.78, 5) is -0.308. The van der Waals surface area contributed by atoms with E-state index in [1.165, 1.54) is 18.2 Å². The van der Waals surface area contributed by atoms with Crippen molar-refractivity contribution in [3.63, 3.8) is 0 Å². The molecule has 0 saturated heterocycles. The third-order valence-corrected chi connectivity index (χ3v) is 5.24. The van der Waals surface area contributed by atoms with Gasteiger partial charge in [-0.15, -0.1) is 0 Å². The molecule has 4 nitrogen and oxygen atoms in total. The van der Waals surface area contributed by atoms with Crippen LogP contribution in [-0.2, 0) is 10.0 Å².